The highest BCUT2D eigenvalue weighted by atomic mass is 35.5. The maximum atomic E-state index is 13.1. The van der Waals surface area contributed by atoms with Crippen molar-refractivity contribution < 1.29 is 19.1 Å². The monoisotopic (exact) mass is 511 g/mol. The number of carbonyl (C=O) groups excluding carboxylic acids is 3. The Hall–Kier alpha value is -3.56. The first-order valence-corrected chi connectivity index (χ1v) is 12.3. The molecule has 0 aromatic heterocycles. The number of anilines is 1. The van der Waals surface area contributed by atoms with E-state index in [1.54, 1.807) is 37.1 Å². The highest BCUT2D eigenvalue weighted by Crippen LogP contribution is 2.32. The molecule has 4 rings (SSSR count). The molecule has 1 unspecified atom stereocenters. The highest BCUT2D eigenvalue weighted by molar-refractivity contribution is 6.30. The van der Waals surface area contributed by atoms with Gasteiger partial charge in [0.1, 0.15) is 0 Å². The van der Waals surface area contributed by atoms with Crippen molar-refractivity contribution in [2.75, 3.05) is 51.7 Å². The van der Waals surface area contributed by atoms with Crippen molar-refractivity contribution >= 4 is 35.3 Å². The lowest BCUT2D eigenvalue weighted by Crippen LogP contribution is -2.53. The predicted molar refractivity (Wildman–Crippen MR) is 138 cm³/mol. The van der Waals surface area contributed by atoms with E-state index in [0.717, 1.165) is 5.69 Å². The minimum atomic E-state index is -0.681. The Kier molecular flexibility index (Phi) is 8.12. The summed E-state index contributed by atoms with van der Waals surface area (Å²) in [7, 11) is 1.64. The molecular weight excluding hydrogens is 482 g/mol. The Bertz CT molecular complexity index is 1150. The average Bonchev–Trinajstić information content (AvgIpc) is 2.87. The zero-order chi connectivity index (χ0) is 25.7. The van der Waals surface area contributed by atoms with Gasteiger partial charge in [0, 0.05) is 56.2 Å². The van der Waals surface area contributed by atoms with Gasteiger partial charge in [-0.05, 0) is 36.8 Å². The minimum absolute atomic E-state index is 0.150. The van der Waals surface area contributed by atoms with Crippen LogP contribution in [0.15, 0.2) is 65.9 Å². The van der Waals surface area contributed by atoms with Crippen LogP contribution in [0.2, 0.25) is 5.02 Å². The number of halogens is 1. The molecule has 10 heteroatoms. The zero-order valence-corrected chi connectivity index (χ0v) is 21.1. The van der Waals surface area contributed by atoms with Crippen LogP contribution >= 0.6 is 11.6 Å². The van der Waals surface area contributed by atoms with Crippen molar-refractivity contribution in [2.45, 2.75) is 13.0 Å². The van der Waals surface area contributed by atoms with Crippen LogP contribution in [0.5, 0.6) is 0 Å². The van der Waals surface area contributed by atoms with Crippen LogP contribution in [0, 0.1) is 0 Å². The number of urea groups is 2. The van der Waals surface area contributed by atoms with Crippen molar-refractivity contribution in [2.24, 2.45) is 0 Å². The number of amides is 4. The molecule has 1 atom stereocenters. The van der Waals surface area contributed by atoms with E-state index in [0.29, 0.717) is 54.6 Å². The first-order chi connectivity index (χ1) is 17.4. The van der Waals surface area contributed by atoms with E-state index < -0.39 is 12.0 Å². The van der Waals surface area contributed by atoms with Crippen molar-refractivity contribution in [3.63, 3.8) is 0 Å². The number of carbonyl (C=O) groups is 3. The standard InChI is InChI=1S/C26H30ClN5O4/c1-3-36-24(33)22-21(30(2)25(34)29-23(22)18-8-7-9-19(27)16-18)17-31-12-14-32(15-13-31)26(35)28-20-10-5-4-6-11-20/h4-11,16,23H,3,12-15,17H2,1-2H3,(H,28,35)(H,29,34). The van der Waals surface area contributed by atoms with Gasteiger partial charge in [-0.3, -0.25) is 9.80 Å². The van der Waals surface area contributed by atoms with Crippen LogP contribution in [0.1, 0.15) is 18.5 Å². The van der Waals surface area contributed by atoms with Gasteiger partial charge in [0.15, 0.2) is 0 Å². The maximum absolute atomic E-state index is 13.1. The number of para-hydroxylation sites is 1. The Labute approximate surface area is 215 Å². The average molecular weight is 512 g/mol. The molecule has 9 nitrogen and oxygen atoms in total. The molecule has 0 saturated carbocycles. The summed E-state index contributed by atoms with van der Waals surface area (Å²) in [5.74, 6) is -0.481. The lowest BCUT2D eigenvalue weighted by molar-refractivity contribution is -0.139. The summed E-state index contributed by atoms with van der Waals surface area (Å²) in [6.07, 6.45) is 0. The molecule has 2 aromatic rings. The molecule has 1 saturated heterocycles. The third-order valence-electron chi connectivity index (χ3n) is 6.31. The summed E-state index contributed by atoms with van der Waals surface area (Å²) < 4.78 is 5.38. The summed E-state index contributed by atoms with van der Waals surface area (Å²) in [4.78, 5) is 44.0. The van der Waals surface area contributed by atoms with Gasteiger partial charge in [-0.15, -0.1) is 0 Å². The first-order valence-electron chi connectivity index (χ1n) is 11.9. The van der Waals surface area contributed by atoms with E-state index in [-0.39, 0.29) is 18.7 Å². The van der Waals surface area contributed by atoms with Crippen molar-refractivity contribution in [3.05, 3.63) is 76.5 Å². The van der Waals surface area contributed by atoms with Crippen LogP contribution < -0.4 is 10.6 Å². The number of ether oxygens (including phenoxy) is 1. The molecule has 1 fully saturated rings. The minimum Gasteiger partial charge on any atom is -0.463 e. The van der Waals surface area contributed by atoms with Gasteiger partial charge in [-0.1, -0.05) is 41.9 Å². The molecule has 4 amide bonds. The fourth-order valence-electron chi connectivity index (χ4n) is 4.38. The van der Waals surface area contributed by atoms with E-state index in [2.05, 4.69) is 15.5 Å². The second-order valence-electron chi connectivity index (χ2n) is 8.64. The Morgan fingerprint density at radius 3 is 2.47 bits per heavy atom. The fraction of sp³-hybridized carbons (Fsp3) is 0.346. The lowest BCUT2D eigenvalue weighted by atomic mass is 9.94. The smallest absolute Gasteiger partial charge is 0.338 e. The second-order valence-corrected chi connectivity index (χ2v) is 9.07. The molecule has 2 aliphatic heterocycles. The third kappa shape index (κ3) is 5.80. The quantitative estimate of drug-likeness (QED) is 0.577. The number of piperazine rings is 1. The molecule has 0 radical (unpaired) electrons. The Morgan fingerprint density at radius 2 is 1.81 bits per heavy atom. The number of esters is 1. The van der Waals surface area contributed by atoms with E-state index in [9.17, 15) is 14.4 Å². The molecule has 2 aliphatic rings. The summed E-state index contributed by atoms with van der Waals surface area (Å²) in [6, 6.07) is 15.3. The van der Waals surface area contributed by atoms with E-state index in [1.165, 1.54) is 4.90 Å². The number of nitrogens with one attached hydrogen (secondary N) is 2. The first kappa shape index (κ1) is 25.5. The number of hydrogen-bond donors (Lipinski definition) is 2. The number of likely N-dealkylation sites (N-methyl/N-ethyl adjacent to an activating group) is 1. The summed E-state index contributed by atoms with van der Waals surface area (Å²) >= 11 is 6.20. The maximum Gasteiger partial charge on any atom is 0.338 e. The molecule has 2 N–H and O–H groups in total. The van der Waals surface area contributed by atoms with E-state index >= 15 is 0 Å². The Morgan fingerprint density at radius 1 is 1.08 bits per heavy atom. The predicted octanol–water partition coefficient (Wildman–Crippen LogP) is 3.70. The molecular formula is C26H30ClN5O4. The van der Waals surface area contributed by atoms with Gasteiger partial charge in [-0.25, -0.2) is 14.4 Å². The van der Waals surface area contributed by atoms with Crippen molar-refractivity contribution in [1.29, 1.82) is 0 Å². The van der Waals surface area contributed by atoms with Crippen LogP contribution in [0.3, 0.4) is 0 Å². The fourth-order valence-corrected chi connectivity index (χ4v) is 4.58. The van der Waals surface area contributed by atoms with Crippen molar-refractivity contribution in [1.82, 2.24) is 20.0 Å². The molecule has 0 bridgehead atoms. The van der Waals surface area contributed by atoms with Crippen molar-refractivity contribution in [3.8, 4) is 0 Å². The number of hydrogen-bond acceptors (Lipinski definition) is 5. The molecule has 36 heavy (non-hydrogen) atoms. The molecule has 2 heterocycles. The summed E-state index contributed by atoms with van der Waals surface area (Å²) in [5, 5.41) is 6.32. The van der Waals surface area contributed by atoms with Gasteiger partial charge < -0.3 is 20.3 Å². The third-order valence-corrected chi connectivity index (χ3v) is 6.55. The second kappa shape index (κ2) is 11.5. The van der Waals surface area contributed by atoms with Gasteiger partial charge in [-0.2, -0.15) is 0 Å². The van der Waals surface area contributed by atoms with Gasteiger partial charge in [0.25, 0.3) is 0 Å². The SMILES string of the molecule is CCOC(=O)C1=C(CN2CCN(C(=O)Nc3ccccc3)CC2)N(C)C(=O)NC1c1cccc(Cl)c1. The van der Waals surface area contributed by atoms with E-state index in [4.69, 9.17) is 16.3 Å². The summed E-state index contributed by atoms with van der Waals surface area (Å²) in [5.41, 5.74) is 2.40. The van der Waals surface area contributed by atoms with Gasteiger partial charge in [0.2, 0.25) is 0 Å². The number of benzene rings is 2. The van der Waals surface area contributed by atoms with Crippen LogP contribution in [-0.2, 0) is 9.53 Å². The molecule has 190 valence electrons. The Balaban J connectivity index is 1.52. The lowest BCUT2D eigenvalue weighted by Gasteiger charge is -2.39. The summed E-state index contributed by atoms with van der Waals surface area (Å²) in [6.45, 7) is 4.56. The normalized spacial score (nSPS) is 18.6. The van der Waals surface area contributed by atoms with Crippen LogP contribution in [-0.4, -0.2) is 79.1 Å². The van der Waals surface area contributed by atoms with E-state index in [1.807, 2.05) is 36.4 Å². The largest absolute Gasteiger partial charge is 0.463 e. The van der Waals surface area contributed by atoms with Crippen LogP contribution in [0.25, 0.3) is 0 Å². The number of nitrogens with zero attached hydrogens (tertiary/aromatic N) is 3. The zero-order valence-electron chi connectivity index (χ0n) is 20.4. The number of rotatable bonds is 6. The topological polar surface area (TPSA) is 94.2 Å². The molecule has 2 aromatic carbocycles. The highest BCUT2D eigenvalue weighted by Gasteiger charge is 2.37. The van der Waals surface area contributed by atoms with Crippen LogP contribution in [0.4, 0.5) is 15.3 Å². The van der Waals surface area contributed by atoms with Gasteiger partial charge in [0.05, 0.1) is 18.2 Å². The molecule has 0 aliphatic carbocycles. The molecule has 0 spiro atoms. The van der Waals surface area contributed by atoms with Gasteiger partial charge >= 0.3 is 18.0 Å².